The first-order valence-corrected chi connectivity index (χ1v) is 10.6. The molecule has 0 bridgehead atoms. The highest BCUT2D eigenvalue weighted by molar-refractivity contribution is 7.92. The van der Waals surface area contributed by atoms with E-state index in [-0.39, 0.29) is 18.5 Å². The lowest BCUT2D eigenvalue weighted by Gasteiger charge is -2.33. The second-order valence-electron chi connectivity index (χ2n) is 6.60. The second-order valence-corrected chi connectivity index (χ2v) is 8.51. The zero-order chi connectivity index (χ0) is 19.3. The van der Waals surface area contributed by atoms with Crippen molar-refractivity contribution in [3.63, 3.8) is 0 Å². The average Bonchev–Trinajstić information content (AvgIpc) is 2.64. The minimum atomic E-state index is -3.66. The van der Waals surface area contributed by atoms with E-state index in [0.29, 0.717) is 17.2 Å². The summed E-state index contributed by atoms with van der Waals surface area (Å²) >= 11 is 0. The van der Waals surface area contributed by atoms with Gasteiger partial charge in [-0.2, -0.15) is 0 Å². The fraction of sp³-hybridized carbons (Fsp3) is 0.611. The lowest BCUT2D eigenvalue weighted by molar-refractivity contribution is -0.130. The van der Waals surface area contributed by atoms with Crippen molar-refractivity contribution in [2.24, 2.45) is 0 Å². The van der Waals surface area contributed by atoms with Crippen LogP contribution >= 0.6 is 0 Å². The van der Waals surface area contributed by atoms with Crippen molar-refractivity contribution < 1.29 is 22.7 Å². The smallest absolute Gasteiger partial charge is 0.243 e. The minimum Gasteiger partial charge on any atom is -0.497 e. The van der Waals surface area contributed by atoms with Gasteiger partial charge in [0.25, 0.3) is 0 Å². The monoisotopic (exact) mass is 384 g/mol. The number of hydrogen-bond donors (Lipinski definition) is 0. The van der Waals surface area contributed by atoms with E-state index in [2.05, 4.69) is 0 Å². The summed E-state index contributed by atoms with van der Waals surface area (Å²) in [5.41, 5.74) is 0.321. The van der Waals surface area contributed by atoms with Crippen LogP contribution in [-0.4, -0.2) is 59.3 Å². The van der Waals surface area contributed by atoms with Crippen LogP contribution in [0.2, 0.25) is 0 Å². The van der Waals surface area contributed by atoms with Crippen molar-refractivity contribution in [3.8, 4) is 11.5 Å². The Morgan fingerprint density at radius 3 is 2.35 bits per heavy atom. The predicted octanol–water partition coefficient (Wildman–Crippen LogP) is 2.26. The van der Waals surface area contributed by atoms with Gasteiger partial charge in [-0.3, -0.25) is 9.10 Å². The molecule has 0 unspecified atom stereocenters. The number of carbonyl (C=O) groups excluding carboxylic acids is 1. The van der Waals surface area contributed by atoms with Crippen molar-refractivity contribution >= 4 is 21.6 Å². The first-order valence-electron chi connectivity index (χ1n) is 8.73. The number of amides is 1. The Kier molecular flexibility index (Phi) is 6.75. The molecule has 0 radical (unpaired) electrons. The molecule has 0 spiro atoms. The number of hydrogen-bond acceptors (Lipinski definition) is 5. The van der Waals surface area contributed by atoms with Gasteiger partial charge in [-0.15, -0.1) is 0 Å². The topological polar surface area (TPSA) is 76.2 Å². The summed E-state index contributed by atoms with van der Waals surface area (Å²) < 4.78 is 36.3. The summed E-state index contributed by atoms with van der Waals surface area (Å²) in [6, 6.07) is 5.01. The third kappa shape index (κ3) is 4.81. The van der Waals surface area contributed by atoms with Crippen LogP contribution in [-0.2, 0) is 14.8 Å². The molecule has 1 aliphatic rings. The van der Waals surface area contributed by atoms with Gasteiger partial charge in [0.1, 0.15) is 18.0 Å². The number of carbonyl (C=O) groups is 1. The summed E-state index contributed by atoms with van der Waals surface area (Å²) in [7, 11) is 1.06. The highest BCUT2D eigenvalue weighted by atomic mass is 32.2. The van der Waals surface area contributed by atoms with Crippen LogP contribution in [0.3, 0.4) is 0 Å². The molecule has 1 aromatic carbocycles. The third-order valence-electron chi connectivity index (χ3n) is 4.85. The molecular weight excluding hydrogens is 356 g/mol. The molecule has 1 aromatic rings. The first kappa shape index (κ1) is 20.4. The molecule has 0 aliphatic heterocycles. The molecule has 2 rings (SSSR count). The molecule has 1 saturated carbocycles. The highest BCUT2D eigenvalue weighted by Crippen LogP contribution is 2.33. The Bertz CT molecular complexity index is 729. The highest BCUT2D eigenvalue weighted by Gasteiger charge is 2.28. The van der Waals surface area contributed by atoms with Crippen LogP contribution in [0.4, 0.5) is 5.69 Å². The normalized spacial score (nSPS) is 15.4. The molecule has 7 nitrogen and oxygen atoms in total. The number of anilines is 1. The molecular formula is C18H28N2O5S. The van der Waals surface area contributed by atoms with Gasteiger partial charge < -0.3 is 14.4 Å². The van der Waals surface area contributed by atoms with E-state index in [9.17, 15) is 13.2 Å². The number of benzene rings is 1. The fourth-order valence-electron chi connectivity index (χ4n) is 3.28. The SMILES string of the molecule is COc1ccc(N(CC(=O)N(C)C2CCCCC2)S(C)(=O)=O)c(OC)c1. The maximum absolute atomic E-state index is 12.7. The van der Waals surface area contributed by atoms with Crippen LogP contribution < -0.4 is 13.8 Å². The van der Waals surface area contributed by atoms with Gasteiger partial charge >= 0.3 is 0 Å². The lowest BCUT2D eigenvalue weighted by Crippen LogP contribution is -2.45. The standard InChI is InChI=1S/C18H28N2O5S/c1-19(14-8-6-5-7-9-14)18(21)13-20(26(4,22)23)16-11-10-15(24-2)12-17(16)25-3/h10-12,14H,5-9,13H2,1-4H3. The summed E-state index contributed by atoms with van der Waals surface area (Å²) in [4.78, 5) is 14.4. The Hall–Kier alpha value is -1.96. The molecule has 1 aliphatic carbocycles. The summed E-state index contributed by atoms with van der Waals surface area (Å²) in [5, 5.41) is 0. The third-order valence-corrected chi connectivity index (χ3v) is 5.98. The zero-order valence-corrected chi connectivity index (χ0v) is 16.7. The largest absolute Gasteiger partial charge is 0.497 e. The van der Waals surface area contributed by atoms with E-state index in [0.717, 1.165) is 36.2 Å². The Morgan fingerprint density at radius 1 is 1.15 bits per heavy atom. The maximum Gasteiger partial charge on any atom is 0.243 e. The average molecular weight is 384 g/mol. The van der Waals surface area contributed by atoms with E-state index in [1.807, 2.05) is 0 Å². The van der Waals surface area contributed by atoms with Crippen LogP contribution in [0.1, 0.15) is 32.1 Å². The van der Waals surface area contributed by atoms with Crippen LogP contribution in [0.5, 0.6) is 11.5 Å². The van der Waals surface area contributed by atoms with Crippen LogP contribution in [0.15, 0.2) is 18.2 Å². The lowest BCUT2D eigenvalue weighted by atomic mass is 9.94. The molecule has 0 N–H and O–H groups in total. The number of sulfonamides is 1. The van der Waals surface area contributed by atoms with Crippen LogP contribution in [0, 0.1) is 0 Å². The van der Waals surface area contributed by atoms with Gasteiger partial charge in [-0.1, -0.05) is 19.3 Å². The number of nitrogens with zero attached hydrogens (tertiary/aromatic N) is 2. The van der Waals surface area contributed by atoms with E-state index in [1.165, 1.54) is 20.6 Å². The fourth-order valence-corrected chi connectivity index (χ4v) is 4.13. The number of methoxy groups -OCH3 is 2. The Balaban J connectivity index is 2.27. The minimum absolute atomic E-state index is 0.176. The van der Waals surface area contributed by atoms with Gasteiger partial charge in [-0.05, 0) is 25.0 Å². The summed E-state index contributed by atoms with van der Waals surface area (Å²) in [6.07, 6.45) is 6.41. The van der Waals surface area contributed by atoms with Gasteiger partial charge in [0, 0.05) is 19.2 Å². The van der Waals surface area contributed by atoms with Gasteiger partial charge in [0.2, 0.25) is 15.9 Å². The molecule has 26 heavy (non-hydrogen) atoms. The second kappa shape index (κ2) is 8.62. The van der Waals surface area contributed by atoms with Crippen LogP contribution in [0.25, 0.3) is 0 Å². The molecule has 146 valence electrons. The van der Waals surface area contributed by atoms with Crippen molar-refractivity contribution in [1.82, 2.24) is 4.90 Å². The summed E-state index contributed by atoms with van der Waals surface area (Å²) in [5.74, 6) is 0.660. The molecule has 0 aromatic heterocycles. The van der Waals surface area contributed by atoms with Gasteiger partial charge in [-0.25, -0.2) is 8.42 Å². The van der Waals surface area contributed by atoms with E-state index < -0.39 is 10.0 Å². The van der Waals surface area contributed by atoms with Crippen molar-refractivity contribution in [3.05, 3.63) is 18.2 Å². The number of likely N-dealkylation sites (N-methyl/N-ethyl adjacent to an activating group) is 1. The predicted molar refractivity (Wildman–Crippen MR) is 101 cm³/mol. The first-order chi connectivity index (χ1) is 12.3. The zero-order valence-electron chi connectivity index (χ0n) is 15.9. The molecule has 0 saturated heterocycles. The molecule has 0 atom stereocenters. The molecule has 8 heteroatoms. The van der Waals surface area contributed by atoms with Gasteiger partial charge in [0.05, 0.1) is 26.2 Å². The summed E-state index contributed by atoms with van der Waals surface area (Å²) in [6.45, 7) is -0.255. The number of ether oxygens (including phenoxy) is 2. The van der Waals surface area contributed by atoms with Gasteiger partial charge in [0.15, 0.2) is 0 Å². The maximum atomic E-state index is 12.7. The Labute approximate surface area is 155 Å². The van der Waals surface area contributed by atoms with Crippen molar-refractivity contribution in [2.45, 2.75) is 38.1 Å². The van der Waals surface area contributed by atoms with Crippen molar-refractivity contribution in [2.75, 3.05) is 38.4 Å². The van der Waals surface area contributed by atoms with Crippen molar-refractivity contribution in [1.29, 1.82) is 0 Å². The molecule has 0 heterocycles. The molecule has 1 amide bonds. The van der Waals surface area contributed by atoms with E-state index in [4.69, 9.17) is 9.47 Å². The molecule has 1 fully saturated rings. The van der Waals surface area contributed by atoms with E-state index in [1.54, 1.807) is 30.1 Å². The quantitative estimate of drug-likeness (QED) is 0.721. The number of rotatable bonds is 7. The van der Waals surface area contributed by atoms with E-state index >= 15 is 0 Å². The Morgan fingerprint density at radius 2 is 1.81 bits per heavy atom.